The number of hydrogen-bond acceptors (Lipinski definition) is 6. The van der Waals surface area contributed by atoms with Crippen LogP contribution in [0.3, 0.4) is 0 Å². The Morgan fingerprint density at radius 1 is 1.27 bits per heavy atom. The second-order valence-corrected chi connectivity index (χ2v) is 6.39. The van der Waals surface area contributed by atoms with E-state index in [0.29, 0.717) is 17.4 Å². The van der Waals surface area contributed by atoms with Gasteiger partial charge in [-0.25, -0.2) is 14.8 Å². The molecule has 1 fully saturated rings. The summed E-state index contributed by atoms with van der Waals surface area (Å²) in [4.78, 5) is 38.6. The highest BCUT2D eigenvalue weighted by Gasteiger charge is 2.27. The number of hydrogen-bond donors (Lipinski definition) is 2. The molecule has 1 saturated heterocycles. The molecule has 1 unspecified atom stereocenters. The van der Waals surface area contributed by atoms with Crippen molar-refractivity contribution < 1.29 is 0 Å². The molecule has 1 aliphatic heterocycles. The van der Waals surface area contributed by atoms with Crippen LogP contribution in [0.25, 0.3) is 10.9 Å². The third kappa shape index (κ3) is 2.83. The van der Waals surface area contributed by atoms with Crippen molar-refractivity contribution in [1.82, 2.24) is 19.5 Å². The standard InChI is InChI=1S/C18H20N6O2/c1-19-15-9-16(21-11-20-15)23-8-4-5-12(23)10-24-17(25)13-6-2-3-7-14(13)22-18(24)26/h2-3,6-7,9,11-12H,4-5,8,10H2,1H3,(H,22,26)(H,19,20,21). The number of aromatic amines is 1. The van der Waals surface area contributed by atoms with E-state index in [2.05, 4.69) is 25.2 Å². The fourth-order valence-electron chi connectivity index (χ4n) is 3.54. The van der Waals surface area contributed by atoms with Gasteiger partial charge in [0.05, 0.1) is 17.4 Å². The first kappa shape index (κ1) is 16.3. The molecule has 2 aromatic heterocycles. The van der Waals surface area contributed by atoms with Crippen LogP contribution < -0.4 is 21.5 Å². The maximum absolute atomic E-state index is 12.8. The van der Waals surface area contributed by atoms with Gasteiger partial charge in [0.25, 0.3) is 5.56 Å². The second-order valence-electron chi connectivity index (χ2n) is 6.39. The van der Waals surface area contributed by atoms with Crippen LogP contribution in [0, 0.1) is 0 Å². The minimum Gasteiger partial charge on any atom is -0.373 e. The van der Waals surface area contributed by atoms with Gasteiger partial charge in [0.1, 0.15) is 18.0 Å². The van der Waals surface area contributed by atoms with E-state index in [-0.39, 0.29) is 17.3 Å². The SMILES string of the molecule is CNc1cc(N2CCCC2Cn2c(=O)[nH]c3ccccc3c2=O)ncn1. The van der Waals surface area contributed by atoms with E-state index in [4.69, 9.17) is 0 Å². The van der Waals surface area contributed by atoms with Gasteiger partial charge in [0.2, 0.25) is 0 Å². The van der Waals surface area contributed by atoms with Gasteiger partial charge in [-0.2, -0.15) is 0 Å². The largest absolute Gasteiger partial charge is 0.373 e. The zero-order chi connectivity index (χ0) is 18.1. The molecule has 0 spiro atoms. The summed E-state index contributed by atoms with van der Waals surface area (Å²) < 4.78 is 1.30. The highest BCUT2D eigenvalue weighted by atomic mass is 16.2. The molecule has 1 aromatic carbocycles. The zero-order valence-corrected chi connectivity index (χ0v) is 14.5. The number of aromatic nitrogens is 4. The van der Waals surface area contributed by atoms with Crippen LogP contribution in [0.15, 0.2) is 46.2 Å². The van der Waals surface area contributed by atoms with Crippen LogP contribution in [0.5, 0.6) is 0 Å². The summed E-state index contributed by atoms with van der Waals surface area (Å²) in [6, 6.07) is 8.99. The van der Waals surface area contributed by atoms with Crippen LogP contribution in [0.2, 0.25) is 0 Å². The van der Waals surface area contributed by atoms with E-state index < -0.39 is 0 Å². The smallest absolute Gasteiger partial charge is 0.328 e. The monoisotopic (exact) mass is 352 g/mol. The lowest BCUT2D eigenvalue weighted by molar-refractivity contribution is 0.520. The van der Waals surface area contributed by atoms with Gasteiger partial charge >= 0.3 is 5.69 Å². The zero-order valence-electron chi connectivity index (χ0n) is 14.5. The summed E-state index contributed by atoms with van der Waals surface area (Å²) in [7, 11) is 1.81. The molecule has 0 radical (unpaired) electrons. The fourth-order valence-corrected chi connectivity index (χ4v) is 3.54. The van der Waals surface area contributed by atoms with Gasteiger partial charge < -0.3 is 15.2 Å². The Labute approximate surface area is 149 Å². The Bertz CT molecular complexity index is 1060. The summed E-state index contributed by atoms with van der Waals surface area (Å²) in [5.74, 6) is 1.54. The first-order valence-electron chi connectivity index (χ1n) is 8.65. The van der Waals surface area contributed by atoms with E-state index in [1.54, 1.807) is 24.3 Å². The molecule has 0 amide bonds. The first-order valence-corrected chi connectivity index (χ1v) is 8.65. The average Bonchev–Trinajstić information content (AvgIpc) is 3.13. The summed E-state index contributed by atoms with van der Waals surface area (Å²) in [5.41, 5.74) is -0.0644. The van der Waals surface area contributed by atoms with Crippen molar-refractivity contribution in [3.63, 3.8) is 0 Å². The van der Waals surface area contributed by atoms with Gasteiger partial charge in [0, 0.05) is 25.7 Å². The lowest BCUT2D eigenvalue weighted by Crippen LogP contribution is -2.42. The number of fused-ring (bicyclic) bond motifs is 1. The highest BCUT2D eigenvalue weighted by molar-refractivity contribution is 5.76. The van der Waals surface area contributed by atoms with Crippen LogP contribution in [0.4, 0.5) is 11.6 Å². The summed E-state index contributed by atoms with van der Waals surface area (Å²) in [5, 5.41) is 3.53. The van der Waals surface area contributed by atoms with Crippen molar-refractivity contribution in [2.24, 2.45) is 0 Å². The molecule has 0 bridgehead atoms. The number of benzene rings is 1. The second kappa shape index (κ2) is 6.62. The Morgan fingerprint density at radius 2 is 2.12 bits per heavy atom. The molecule has 8 nitrogen and oxygen atoms in total. The van der Waals surface area contributed by atoms with Gasteiger partial charge in [-0.1, -0.05) is 12.1 Å². The van der Waals surface area contributed by atoms with Crippen molar-refractivity contribution in [2.45, 2.75) is 25.4 Å². The maximum atomic E-state index is 12.8. The minimum absolute atomic E-state index is 0.0366. The van der Waals surface area contributed by atoms with E-state index in [1.807, 2.05) is 13.1 Å². The molecule has 1 atom stereocenters. The molecular formula is C18H20N6O2. The Kier molecular flexibility index (Phi) is 4.16. The maximum Gasteiger partial charge on any atom is 0.328 e. The van der Waals surface area contributed by atoms with Crippen LogP contribution >= 0.6 is 0 Å². The van der Waals surface area contributed by atoms with Crippen molar-refractivity contribution in [3.8, 4) is 0 Å². The molecule has 3 aromatic rings. The molecule has 2 N–H and O–H groups in total. The molecule has 4 rings (SSSR count). The molecule has 8 heteroatoms. The fraction of sp³-hybridized carbons (Fsp3) is 0.333. The Morgan fingerprint density at radius 3 is 2.96 bits per heavy atom. The third-order valence-corrected chi connectivity index (χ3v) is 4.86. The predicted octanol–water partition coefficient (Wildman–Crippen LogP) is 1.19. The highest BCUT2D eigenvalue weighted by Crippen LogP contribution is 2.25. The Hall–Kier alpha value is -3.16. The summed E-state index contributed by atoms with van der Waals surface area (Å²) in [6.07, 6.45) is 3.41. The summed E-state index contributed by atoms with van der Waals surface area (Å²) in [6.45, 7) is 1.17. The number of nitrogens with zero attached hydrogens (tertiary/aromatic N) is 4. The number of H-pyrrole nitrogens is 1. The Balaban J connectivity index is 1.69. The van der Waals surface area contributed by atoms with Crippen LogP contribution in [0.1, 0.15) is 12.8 Å². The quantitative estimate of drug-likeness (QED) is 0.732. The minimum atomic E-state index is -0.376. The summed E-state index contributed by atoms with van der Waals surface area (Å²) >= 11 is 0. The van der Waals surface area contributed by atoms with Gasteiger partial charge in [-0.15, -0.1) is 0 Å². The van der Waals surface area contributed by atoms with E-state index >= 15 is 0 Å². The molecule has 26 heavy (non-hydrogen) atoms. The van der Waals surface area contributed by atoms with Gasteiger partial charge in [-0.3, -0.25) is 9.36 Å². The number of para-hydroxylation sites is 1. The topological polar surface area (TPSA) is 95.9 Å². The lowest BCUT2D eigenvalue weighted by atomic mass is 10.2. The van der Waals surface area contributed by atoms with Crippen molar-refractivity contribution in [2.75, 3.05) is 23.8 Å². The molecular weight excluding hydrogens is 332 g/mol. The third-order valence-electron chi connectivity index (χ3n) is 4.86. The van der Waals surface area contributed by atoms with Gasteiger partial charge in [0.15, 0.2) is 0 Å². The van der Waals surface area contributed by atoms with Crippen LogP contribution in [-0.2, 0) is 6.54 Å². The van der Waals surface area contributed by atoms with Gasteiger partial charge in [-0.05, 0) is 25.0 Å². The molecule has 0 saturated carbocycles. The van der Waals surface area contributed by atoms with Crippen molar-refractivity contribution in [1.29, 1.82) is 0 Å². The van der Waals surface area contributed by atoms with Crippen molar-refractivity contribution in [3.05, 3.63) is 57.5 Å². The lowest BCUT2D eigenvalue weighted by Gasteiger charge is -2.26. The number of nitrogens with one attached hydrogen (secondary N) is 2. The number of anilines is 2. The predicted molar refractivity (Wildman–Crippen MR) is 101 cm³/mol. The van der Waals surface area contributed by atoms with E-state index in [0.717, 1.165) is 31.0 Å². The first-order chi connectivity index (χ1) is 12.7. The molecule has 0 aliphatic carbocycles. The molecule has 134 valence electrons. The number of rotatable bonds is 4. The van der Waals surface area contributed by atoms with Crippen LogP contribution in [-0.4, -0.2) is 39.2 Å². The van der Waals surface area contributed by atoms with E-state index in [9.17, 15) is 9.59 Å². The van der Waals surface area contributed by atoms with Crippen molar-refractivity contribution >= 4 is 22.5 Å². The molecule has 3 heterocycles. The average molecular weight is 352 g/mol. The molecule has 1 aliphatic rings. The normalized spacial score (nSPS) is 17.0. The van der Waals surface area contributed by atoms with E-state index in [1.165, 1.54) is 10.9 Å².